The summed E-state index contributed by atoms with van der Waals surface area (Å²) in [5.74, 6) is 0.932. The molecule has 2 rings (SSSR count). The molecule has 150 valence electrons. The largest absolute Gasteiger partial charge is 0.493 e. The molecule has 0 radical (unpaired) electrons. The molecular formula is C22H28N2O3S. The van der Waals surface area contributed by atoms with Crippen molar-refractivity contribution in [2.24, 2.45) is 0 Å². The van der Waals surface area contributed by atoms with E-state index in [2.05, 4.69) is 17.6 Å². The van der Waals surface area contributed by atoms with Crippen molar-refractivity contribution in [3.8, 4) is 11.5 Å². The van der Waals surface area contributed by atoms with Gasteiger partial charge in [0.15, 0.2) is 5.11 Å². The van der Waals surface area contributed by atoms with Crippen LogP contribution in [0.15, 0.2) is 48.5 Å². The van der Waals surface area contributed by atoms with Crippen molar-refractivity contribution in [1.82, 2.24) is 5.32 Å². The molecule has 0 bridgehead atoms. The number of ether oxygens (including phenoxy) is 2. The summed E-state index contributed by atoms with van der Waals surface area (Å²) in [5, 5.41) is 5.93. The van der Waals surface area contributed by atoms with E-state index in [9.17, 15) is 4.79 Å². The van der Waals surface area contributed by atoms with Crippen LogP contribution in [0.25, 0.3) is 0 Å². The second-order valence-electron chi connectivity index (χ2n) is 6.24. The molecule has 0 aromatic heterocycles. The van der Waals surface area contributed by atoms with Gasteiger partial charge in [-0.25, -0.2) is 0 Å². The number of nitrogens with one attached hydrogen (secondary N) is 2. The fourth-order valence-electron chi connectivity index (χ4n) is 2.67. The normalized spacial score (nSPS) is 10.2. The number of para-hydroxylation sites is 3. The van der Waals surface area contributed by atoms with Crippen LogP contribution >= 0.6 is 12.2 Å². The number of anilines is 1. The third-order valence-corrected chi connectivity index (χ3v) is 4.25. The molecule has 0 spiro atoms. The van der Waals surface area contributed by atoms with Gasteiger partial charge < -0.3 is 14.8 Å². The number of carbonyl (C=O) groups excluding carboxylic acids is 1. The average molecular weight is 401 g/mol. The molecule has 0 saturated heterocycles. The molecule has 0 aliphatic rings. The van der Waals surface area contributed by atoms with E-state index in [0.717, 1.165) is 12.8 Å². The van der Waals surface area contributed by atoms with Crippen molar-refractivity contribution in [3.05, 3.63) is 54.1 Å². The number of unbranched alkanes of at least 4 members (excludes halogenated alkanes) is 3. The fourth-order valence-corrected chi connectivity index (χ4v) is 2.87. The van der Waals surface area contributed by atoms with Crippen molar-refractivity contribution in [3.63, 3.8) is 0 Å². The third-order valence-electron chi connectivity index (χ3n) is 4.05. The second-order valence-corrected chi connectivity index (χ2v) is 6.65. The molecule has 1 amide bonds. The van der Waals surface area contributed by atoms with Gasteiger partial charge in [0.2, 0.25) is 0 Å². The zero-order valence-electron chi connectivity index (χ0n) is 16.5. The maximum absolute atomic E-state index is 12.7. The molecule has 6 heteroatoms. The van der Waals surface area contributed by atoms with Crippen LogP contribution in [0, 0.1) is 0 Å². The highest BCUT2D eigenvalue weighted by atomic mass is 32.1. The molecule has 0 heterocycles. The van der Waals surface area contributed by atoms with Gasteiger partial charge in [-0.05, 0) is 49.8 Å². The van der Waals surface area contributed by atoms with E-state index < -0.39 is 0 Å². The van der Waals surface area contributed by atoms with E-state index in [4.69, 9.17) is 21.7 Å². The van der Waals surface area contributed by atoms with Crippen LogP contribution in [-0.4, -0.2) is 24.2 Å². The van der Waals surface area contributed by atoms with Gasteiger partial charge in [0.25, 0.3) is 5.91 Å². The first kappa shape index (κ1) is 21.7. The summed E-state index contributed by atoms with van der Waals surface area (Å²) in [6.45, 7) is 5.22. The van der Waals surface area contributed by atoms with E-state index >= 15 is 0 Å². The van der Waals surface area contributed by atoms with Crippen molar-refractivity contribution < 1.29 is 14.3 Å². The summed E-state index contributed by atoms with van der Waals surface area (Å²) in [6, 6.07) is 14.6. The van der Waals surface area contributed by atoms with Crippen LogP contribution in [-0.2, 0) is 0 Å². The van der Waals surface area contributed by atoms with Gasteiger partial charge in [0.1, 0.15) is 11.5 Å². The molecule has 2 aromatic rings. The van der Waals surface area contributed by atoms with Crippen LogP contribution < -0.4 is 20.1 Å². The number of benzene rings is 2. The number of carbonyl (C=O) groups is 1. The number of rotatable bonds is 10. The molecule has 0 fully saturated rings. The first-order valence-corrected chi connectivity index (χ1v) is 10.1. The van der Waals surface area contributed by atoms with E-state index in [-0.39, 0.29) is 11.0 Å². The predicted octanol–water partition coefficient (Wildman–Crippen LogP) is 5.17. The van der Waals surface area contributed by atoms with Crippen LogP contribution in [0.1, 0.15) is 49.9 Å². The summed E-state index contributed by atoms with van der Waals surface area (Å²) in [4.78, 5) is 12.7. The number of thiocarbonyl (C=S) groups is 1. The second kappa shape index (κ2) is 12.0. The van der Waals surface area contributed by atoms with Gasteiger partial charge in [-0.1, -0.05) is 50.5 Å². The van der Waals surface area contributed by atoms with Gasteiger partial charge in [0, 0.05) is 0 Å². The van der Waals surface area contributed by atoms with Crippen LogP contribution in [0.3, 0.4) is 0 Å². The van der Waals surface area contributed by atoms with Crippen molar-refractivity contribution in [1.29, 1.82) is 0 Å². The molecule has 0 aliphatic carbocycles. The number of hydrogen-bond acceptors (Lipinski definition) is 4. The SMILES string of the molecule is CCCCCCOc1ccccc1C(=O)NC(=S)Nc1ccccc1OCC. The Balaban J connectivity index is 1.96. The average Bonchev–Trinajstić information content (AvgIpc) is 2.69. The highest BCUT2D eigenvalue weighted by Crippen LogP contribution is 2.24. The van der Waals surface area contributed by atoms with Gasteiger partial charge in [-0.15, -0.1) is 0 Å². The van der Waals surface area contributed by atoms with Crippen molar-refractivity contribution in [2.45, 2.75) is 39.5 Å². The standard InChI is InChI=1S/C22H28N2O3S/c1-3-5-6-11-16-27-19-14-9-7-12-17(19)21(25)24-22(28)23-18-13-8-10-15-20(18)26-4-2/h7-10,12-15H,3-6,11,16H2,1-2H3,(H2,23,24,25,28). The van der Waals surface area contributed by atoms with Gasteiger partial charge in [-0.3, -0.25) is 10.1 Å². The Hall–Kier alpha value is -2.60. The Kier molecular flexibility index (Phi) is 9.28. The smallest absolute Gasteiger partial charge is 0.261 e. The fraction of sp³-hybridized carbons (Fsp3) is 0.364. The Morgan fingerprint density at radius 1 is 0.929 bits per heavy atom. The molecule has 2 N–H and O–H groups in total. The first-order chi connectivity index (χ1) is 13.7. The van der Waals surface area contributed by atoms with Crippen LogP contribution in [0.4, 0.5) is 5.69 Å². The summed E-state index contributed by atoms with van der Waals surface area (Å²) in [5.41, 5.74) is 1.16. The van der Waals surface area contributed by atoms with E-state index in [1.807, 2.05) is 37.3 Å². The summed E-state index contributed by atoms with van der Waals surface area (Å²) in [6.07, 6.45) is 4.46. The molecule has 0 unspecified atom stereocenters. The monoisotopic (exact) mass is 400 g/mol. The molecule has 5 nitrogen and oxygen atoms in total. The molecular weight excluding hydrogens is 372 g/mol. The van der Waals surface area contributed by atoms with Crippen LogP contribution in [0.5, 0.6) is 11.5 Å². The van der Waals surface area contributed by atoms with E-state index in [1.165, 1.54) is 12.8 Å². The summed E-state index contributed by atoms with van der Waals surface area (Å²) >= 11 is 5.30. The minimum absolute atomic E-state index is 0.204. The number of amides is 1. The van der Waals surface area contributed by atoms with Gasteiger partial charge in [0.05, 0.1) is 24.5 Å². The van der Waals surface area contributed by atoms with Gasteiger partial charge in [-0.2, -0.15) is 0 Å². The van der Waals surface area contributed by atoms with Crippen molar-refractivity contribution in [2.75, 3.05) is 18.5 Å². The lowest BCUT2D eigenvalue weighted by molar-refractivity contribution is 0.0973. The zero-order chi connectivity index (χ0) is 20.2. The maximum atomic E-state index is 12.7. The van der Waals surface area contributed by atoms with Gasteiger partial charge >= 0.3 is 0 Å². The van der Waals surface area contributed by atoms with Crippen molar-refractivity contribution >= 4 is 28.9 Å². The Bertz CT molecular complexity index is 780. The topological polar surface area (TPSA) is 59.6 Å². The Labute approximate surface area is 172 Å². The quantitative estimate of drug-likeness (QED) is 0.425. The predicted molar refractivity (Wildman–Crippen MR) is 117 cm³/mol. The highest BCUT2D eigenvalue weighted by molar-refractivity contribution is 7.80. The Morgan fingerprint density at radius 3 is 2.39 bits per heavy atom. The molecule has 0 saturated carbocycles. The lowest BCUT2D eigenvalue weighted by Crippen LogP contribution is -2.34. The minimum atomic E-state index is -0.310. The molecule has 0 aliphatic heterocycles. The number of hydrogen-bond donors (Lipinski definition) is 2. The zero-order valence-corrected chi connectivity index (χ0v) is 17.3. The van der Waals surface area contributed by atoms with Crippen LogP contribution in [0.2, 0.25) is 0 Å². The first-order valence-electron chi connectivity index (χ1n) is 9.71. The Morgan fingerprint density at radius 2 is 1.64 bits per heavy atom. The molecule has 28 heavy (non-hydrogen) atoms. The lowest BCUT2D eigenvalue weighted by atomic mass is 10.2. The van der Waals surface area contributed by atoms with E-state index in [0.29, 0.717) is 36.0 Å². The highest BCUT2D eigenvalue weighted by Gasteiger charge is 2.14. The molecule has 2 aromatic carbocycles. The third kappa shape index (κ3) is 6.85. The minimum Gasteiger partial charge on any atom is -0.493 e. The summed E-state index contributed by atoms with van der Waals surface area (Å²) in [7, 11) is 0. The van der Waals surface area contributed by atoms with E-state index in [1.54, 1.807) is 18.2 Å². The lowest BCUT2D eigenvalue weighted by Gasteiger charge is -2.15. The molecule has 0 atom stereocenters. The maximum Gasteiger partial charge on any atom is 0.261 e. The summed E-state index contributed by atoms with van der Waals surface area (Å²) < 4.78 is 11.4.